The Balaban J connectivity index is 1.53. The van der Waals surface area contributed by atoms with Crippen molar-refractivity contribution in [2.24, 2.45) is 7.05 Å². The zero-order valence-electron chi connectivity index (χ0n) is 18.5. The van der Waals surface area contributed by atoms with E-state index in [1.165, 1.54) is 22.2 Å². The van der Waals surface area contributed by atoms with Crippen molar-refractivity contribution in [3.8, 4) is 5.75 Å². The van der Waals surface area contributed by atoms with Crippen LogP contribution in [0.2, 0.25) is 0 Å². The van der Waals surface area contributed by atoms with Crippen LogP contribution in [-0.2, 0) is 18.4 Å². The van der Waals surface area contributed by atoms with Gasteiger partial charge in [-0.2, -0.15) is 0 Å². The summed E-state index contributed by atoms with van der Waals surface area (Å²) in [5.74, 6) is 1.27. The minimum absolute atomic E-state index is 0.111. The van der Waals surface area contributed by atoms with E-state index in [0.29, 0.717) is 11.2 Å². The van der Waals surface area contributed by atoms with Gasteiger partial charge >= 0.3 is 0 Å². The Morgan fingerprint density at radius 2 is 1.97 bits per heavy atom. The van der Waals surface area contributed by atoms with Crippen molar-refractivity contribution in [1.82, 2.24) is 24.4 Å². The Hall–Kier alpha value is -3.46. The second-order valence-corrected chi connectivity index (χ2v) is 8.83. The van der Waals surface area contributed by atoms with Crippen LogP contribution in [0.3, 0.4) is 0 Å². The molecule has 1 atom stereocenters. The van der Waals surface area contributed by atoms with Crippen LogP contribution in [0.25, 0.3) is 10.2 Å². The van der Waals surface area contributed by atoms with Crippen LogP contribution in [0.1, 0.15) is 34.3 Å². The molecule has 0 bridgehead atoms. The molecule has 0 fully saturated rings. The van der Waals surface area contributed by atoms with Gasteiger partial charge in [0.2, 0.25) is 5.91 Å². The van der Waals surface area contributed by atoms with Crippen molar-refractivity contribution in [3.05, 3.63) is 75.2 Å². The molecule has 1 amide bonds. The molecule has 4 rings (SSSR count). The number of aromatic nitrogens is 4. The van der Waals surface area contributed by atoms with Gasteiger partial charge in [0, 0.05) is 37.3 Å². The number of hydrogen-bond acceptors (Lipinski definition) is 6. The Labute approximate surface area is 189 Å². The molecule has 0 aliphatic heterocycles. The van der Waals surface area contributed by atoms with E-state index in [0.717, 1.165) is 26.6 Å². The SMILES string of the molecule is COc1ccc([C@@H](NC(=O)CCn2cnc3sc(C)c(C)c3c2=O)c2nccn2C)cc1. The Morgan fingerprint density at radius 1 is 1.22 bits per heavy atom. The van der Waals surface area contributed by atoms with Crippen molar-refractivity contribution in [3.63, 3.8) is 0 Å². The van der Waals surface area contributed by atoms with E-state index in [1.807, 2.05) is 55.9 Å². The van der Waals surface area contributed by atoms with Crippen molar-refractivity contribution in [1.29, 1.82) is 0 Å². The highest BCUT2D eigenvalue weighted by atomic mass is 32.1. The summed E-state index contributed by atoms with van der Waals surface area (Å²) >= 11 is 1.51. The van der Waals surface area contributed by atoms with Gasteiger partial charge in [-0.3, -0.25) is 14.2 Å². The van der Waals surface area contributed by atoms with E-state index in [4.69, 9.17) is 4.74 Å². The van der Waals surface area contributed by atoms with Crippen molar-refractivity contribution < 1.29 is 9.53 Å². The Kier molecular flexibility index (Phi) is 6.09. The van der Waals surface area contributed by atoms with Crippen molar-refractivity contribution in [2.45, 2.75) is 32.9 Å². The average Bonchev–Trinajstić information content (AvgIpc) is 3.34. The monoisotopic (exact) mass is 451 g/mol. The third-order valence-electron chi connectivity index (χ3n) is 5.61. The normalized spacial score (nSPS) is 12.1. The summed E-state index contributed by atoms with van der Waals surface area (Å²) in [6.07, 6.45) is 5.20. The van der Waals surface area contributed by atoms with Crippen LogP contribution >= 0.6 is 11.3 Å². The van der Waals surface area contributed by atoms with Gasteiger partial charge in [0.1, 0.15) is 22.4 Å². The molecule has 3 heterocycles. The van der Waals surface area contributed by atoms with Crippen LogP contribution < -0.4 is 15.6 Å². The number of nitrogens with zero attached hydrogens (tertiary/aromatic N) is 4. The van der Waals surface area contributed by atoms with E-state index >= 15 is 0 Å². The maximum absolute atomic E-state index is 12.9. The number of ether oxygens (including phenoxy) is 1. The quantitative estimate of drug-likeness (QED) is 0.466. The number of imidazole rings is 1. The number of carbonyl (C=O) groups excluding carboxylic acids is 1. The third kappa shape index (κ3) is 4.16. The highest BCUT2D eigenvalue weighted by Gasteiger charge is 2.21. The maximum atomic E-state index is 12.9. The first kappa shape index (κ1) is 21.8. The first-order valence-corrected chi connectivity index (χ1v) is 11.1. The number of benzene rings is 1. The molecule has 1 aromatic carbocycles. The fraction of sp³-hybridized carbons (Fsp3) is 0.304. The second-order valence-electron chi connectivity index (χ2n) is 7.63. The number of fused-ring (bicyclic) bond motifs is 1. The van der Waals surface area contributed by atoms with E-state index in [2.05, 4.69) is 15.3 Å². The number of thiophene rings is 1. The van der Waals surface area contributed by atoms with E-state index in [-0.39, 0.29) is 24.4 Å². The van der Waals surface area contributed by atoms with Gasteiger partial charge in [-0.05, 0) is 37.1 Å². The van der Waals surface area contributed by atoms with E-state index in [9.17, 15) is 9.59 Å². The molecular formula is C23H25N5O3S. The van der Waals surface area contributed by atoms with Crippen molar-refractivity contribution >= 4 is 27.5 Å². The number of hydrogen-bond donors (Lipinski definition) is 1. The minimum Gasteiger partial charge on any atom is -0.497 e. The first-order valence-electron chi connectivity index (χ1n) is 10.2. The number of nitrogens with one attached hydrogen (secondary N) is 1. The van der Waals surface area contributed by atoms with Gasteiger partial charge in [-0.1, -0.05) is 12.1 Å². The molecule has 166 valence electrons. The number of aryl methyl sites for hydroxylation is 4. The summed E-state index contributed by atoms with van der Waals surface area (Å²) < 4.78 is 8.62. The molecule has 0 saturated carbocycles. The van der Waals surface area contributed by atoms with Gasteiger partial charge in [0.15, 0.2) is 0 Å². The Morgan fingerprint density at radius 3 is 2.62 bits per heavy atom. The molecule has 1 N–H and O–H groups in total. The molecule has 0 spiro atoms. The summed E-state index contributed by atoms with van der Waals surface area (Å²) in [5, 5.41) is 3.70. The van der Waals surface area contributed by atoms with Gasteiger partial charge in [0.25, 0.3) is 5.56 Å². The summed E-state index contributed by atoms with van der Waals surface area (Å²) in [6, 6.07) is 7.09. The van der Waals surface area contributed by atoms with Crippen LogP contribution in [-0.4, -0.2) is 32.1 Å². The summed E-state index contributed by atoms with van der Waals surface area (Å²) in [6.45, 7) is 4.16. The number of amides is 1. The lowest BCUT2D eigenvalue weighted by molar-refractivity contribution is -0.121. The summed E-state index contributed by atoms with van der Waals surface area (Å²) in [4.78, 5) is 36.4. The lowest BCUT2D eigenvalue weighted by atomic mass is 10.1. The summed E-state index contributed by atoms with van der Waals surface area (Å²) in [5.41, 5.74) is 1.73. The van der Waals surface area contributed by atoms with E-state index < -0.39 is 6.04 Å². The van der Waals surface area contributed by atoms with Gasteiger partial charge in [-0.25, -0.2) is 9.97 Å². The second kappa shape index (κ2) is 8.96. The van der Waals surface area contributed by atoms with Gasteiger partial charge in [0.05, 0.1) is 18.8 Å². The number of methoxy groups -OCH3 is 1. The predicted octanol–water partition coefficient (Wildman–Crippen LogP) is 3.11. The lowest BCUT2D eigenvalue weighted by Crippen LogP contribution is -2.32. The lowest BCUT2D eigenvalue weighted by Gasteiger charge is -2.19. The predicted molar refractivity (Wildman–Crippen MR) is 124 cm³/mol. The molecule has 3 aromatic heterocycles. The largest absolute Gasteiger partial charge is 0.497 e. The maximum Gasteiger partial charge on any atom is 0.262 e. The molecule has 9 heteroatoms. The van der Waals surface area contributed by atoms with Crippen molar-refractivity contribution in [2.75, 3.05) is 7.11 Å². The van der Waals surface area contributed by atoms with Crippen LogP contribution in [0.5, 0.6) is 5.75 Å². The Bertz CT molecular complexity index is 1320. The zero-order valence-corrected chi connectivity index (χ0v) is 19.3. The topological polar surface area (TPSA) is 91.0 Å². The molecule has 0 saturated heterocycles. The molecule has 0 aliphatic carbocycles. The minimum atomic E-state index is -0.424. The third-order valence-corrected chi connectivity index (χ3v) is 6.72. The van der Waals surface area contributed by atoms with Crippen LogP contribution in [0.4, 0.5) is 0 Å². The molecule has 32 heavy (non-hydrogen) atoms. The highest BCUT2D eigenvalue weighted by molar-refractivity contribution is 7.18. The fourth-order valence-corrected chi connectivity index (χ4v) is 4.62. The molecule has 8 nitrogen and oxygen atoms in total. The average molecular weight is 452 g/mol. The van der Waals surface area contributed by atoms with Crippen LogP contribution in [0.15, 0.2) is 47.8 Å². The fourth-order valence-electron chi connectivity index (χ4n) is 3.63. The summed E-state index contributed by atoms with van der Waals surface area (Å²) in [7, 11) is 3.50. The smallest absolute Gasteiger partial charge is 0.262 e. The van der Waals surface area contributed by atoms with Gasteiger partial charge < -0.3 is 14.6 Å². The molecule has 0 radical (unpaired) electrons. The molecule has 0 unspecified atom stereocenters. The number of rotatable bonds is 7. The highest BCUT2D eigenvalue weighted by Crippen LogP contribution is 2.26. The number of carbonyl (C=O) groups is 1. The zero-order chi connectivity index (χ0) is 22.8. The van der Waals surface area contributed by atoms with E-state index in [1.54, 1.807) is 13.3 Å². The molecule has 0 aliphatic rings. The molecular weight excluding hydrogens is 426 g/mol. The molecule has 4 aromatic rings. The first-order chi connectivity index (χ1) is 15.4. The van der Waals surface area contributed by atoms with Crippen LogP contribution in [0, 0.1) is 13.8 Å². The standard InChI is InChI=1S/C23H25N5O3S/c1-14-15(2)32-22-19(14)23(30)28(13-25-22)11-9-18(29)26-20(21-24-10-12-27(21)3)16-5-7-17(31-4)8-6-16/h5-8,10,12-13,20H,9,11H2,1-4H3,(H,26,29)/t20-/m1/s1. The van der Waals surface area contributed by atoms with Gasteiger partial charge in [-0.15, -0.1) is 11.3 Å².